The zero-order chi connectivity index (χ0) is 15.5. The lowest BCUT2D eigenvalue weighted by Crippen LogP contribution is -2.23. The van der Waals surface area contributed by atoms with Crippen LogP contribution >= 0.6 is 11.8 Å². The first-order chi connectivity index (χ1) is 10.7. The summed E-state index contributed by atoms with van der Waals surface area (Å²) in [4.78, 5) is 32.3. The Morgan fingerprint density at radius 2 is 2.05 bits per heavy atom. The number of carbonyl (C=O) groups excluding carboxylic acids is 1. The maximum atomic E-state index is 12.8. The van der Waals surface area contributed by atoms with Gasteiger partial charge in [-0.05, 0) is 24.3 Å². The van der Waals surface area contributed by atoms with Gasteiger partial charge in [-0.15, -0.1) is 0 Å². The van der Waals surface area contributed by atoms with Crippen molar-refractivity contribution in [2.75, 3.05) is 5.75 Å². The van der Waals surface area contributed by atoms with E-state index in [2.05, 4.69) is 9.97 Å². The third kappa shape index (κ3) is 2.71. The van der Waals surface area contributed by atoms with Crippen molar-refractivity contribution in [3.8, 4) is 5.69 Å². The van der Waals surface area contributed by atoms with Crippen molar-refractivity contribution in [1.29, 1.82) is 0 Å². The molecule has 2 heterocycles. The summed E-state index contributed by atoms with van der Waals surface area (Å²) in [6, 6.07) is 10.6. The second kappa shape index (κ2) is 5.98. The summed E-state index contributed by atoms with van der Waals surface area (Å²) >= 11 is 1.13. The molecule has 3 rings (SSSR count). The van der Waals surface area contributed by atoms with Crippen LogP contribution in [-0.2, 0) is 4.79 Å². The summed E-state index contributed by atoms with van der Waals surface area (Å²) < 4.78 is 1.45. The van der Waals surface area contributed by atoms with Gasteiger partial charge in [0, 0.05) is 6.20 Å². The minimum Gasteiger partial charge on any atom is -0.369 e. The zero-order valence-electron chi connectivity index (χ0n) is 11.5. The number of carbonyl (C=O) groups is 1. The van der Waals surface area contributed by atoms with Crippen molar-refractivity contribution in [3.63, 3.8) is 0 Å². The lowest BCUT2D eigenvalue weighted by molar-refractivity contribution is -0.115. The zero-order valence-corrected chi connectivity index (χ0v) is 12.3. The minimum absolute atomic E-state index is 0.0467. The maximum Gasteiger partial charge on any atom is 0.266 e. The molecule has 0 spiro atoms. The molecule has 0 aliphatic rings. The van der Waals surface area contributed by atoms with Crippen molar-refractivity contribution >= 4 is 28.6 Å². The number of para-hydroxylation sites is 1. The van der Waals surface area contributed by atoms with E-state index in [4.69, 9.17) is 5.73 Å². The Balaban J connectivity index is 2.26. The molecule has 7 heteroatoms. The molecule has 6 nitrogen and oxygen atoms in total. The Morgan fingerprint density at radius 3 is 2.77 bits per heavy atom. The highest BCUT2D eigenvalue weighted by atomic mass is 32.2. The topological polar surface area (TPSA) is 90.9 Å². The van der Waals surface area contributed by atoms with Gasteiger partial charge in [-0.25, -0.2) is 4.98 Å². The molecular formula is C15H12N4O2S. The number of nitrogens with zero attached hydrogens (tertiary/aromatic N) is 3. The van der Waals surface area contributed by atoms with E-state index in [0.29, 0.717) is 21.7 Å². The van der Waals surface area contributed by atoms with E-state index in [-0.39, 0.29) is 11.3 Å². The first kappa shape index (κ1) is 14.3. The number of fused-ring (bicyclic) bond motifs is 1. The maximum absolute atomic E-state index is 12.8. The Morgan fingerprint density at radius 1 is 1.23 bits per heavy atom. The Bertz CT molecular complexity index is 893. The number of aromatic nitrogens is 3. The van der Waals surface area contributed by atoms with E-state index in [1.165, 1.54) is 4.57 Å². The van der Waals surface area contributed by atoms with E-state index in [0.717, 1.165) is 11.8 Å². The van der Waals surface area contributed by atoms with Crippen LogP contribution in [0.25, 0.3) is 16.6 Å². The summed E-state index contributed by atoms with van der Waals surface area (Å²) in [5.41, 5.74) is 6.17. The van der Waals surface area contributed by atoms with E-state index >= 15 is 0 Å². The fourth-order valence-electron chi connectivity index (χ4n) is 2.06. The molecule has 110 valence electrons. The molecule has 2 N–H and O–H groups in total. The van der Waals surface area contributed by atoms with E-state index in [1.807, 2.05) is 6.07 Å². The molecule has 0 atom stereocenters. The van der Waals surface area contributed by atoms with Crippen molar-refractivity contribution in [1.82, 2.24) is 14.5 Å². The van der Waals surface area contributed by atoms with Crippen LogP contribution in [0.1, 0.15) is 0 Å². The van der Waals surface area contributed by atoms with Crippen molar-refractivity contribution in [2.24, 2.45) is 5.73 Å². The van der Waals surface area contributed by atoms with Gasteiger partial charge in [0.25, 0.3) is 5.56 Å². The smallest absolute Gasteiger partial charge is 0.266 e. The quantitative estimate of drug-likeness (QED) is 0.580. The highest BCUT2D eigenvalue weighted by Gasteiger charge is 2.13. The van der Waals surface area contributed by atoms with Crippen LogP contribution in [0.2, 0.25) is 0 Å². The molecule has 1 aromatic carbocycles. The lowest BCUT2D eigenvalue weighted by Gasteiger charge is -2.12. The van der Waals surface area contributed by atoms with Gasteiger partial charge < -0.3 is 5.73 Å². The molecule has 0 aliphatic carbocycles. The first-order valence-corrected chi connectivity index (χ1v) is 7.48. The van der Waals surface area contributed by atoms with E-state index in [1.54, 1.807) is 42.7 Å². The number of thioether (sulfide) groups is 1. The molecule has 0 fully saturated rings. The van der Waals surface area contributed by atoms with Gasteiger partial charge in [0.05, 0.1) is 28.5 Å². The molecule has 3 aromatic rings. The van der Waals surface area contributed by atoms with Crippen LogP contribution in [0.15, 0.2) is 58.7 Å². The summed E-state index contributed by atoms with van der Waals surface area (Å²) in [6.07, 6.45) is 3.20. The van der Waals surface area contributed by atoms with Gasteiger partial charge in [-0.2, -0.15) is 0 Å². The van der Waals surface area contributed by atoms with Gasteiger partial charge >= 0.3 is 0 Å². The average Bonchev–Trinajstić information content (AvgIpc) is 2.54. The summed E-state index contributed by atoms with van der Waals surface area (Å²) in [5.74, 6) is -0.421. The van der Waals surface area contributed by atoms with E-state index in [9.17, 15) is 9.59 Å². The fourth-order valence-corrected chi connectivity index (χ4v) is 2.81. The van der Waals surface area contributed by atoms with Crippen LogP contribution in [0.5, 0.6) is 0 Å². The molecule has 22 heavy (non-hydrogen) atoms. The number of benzene rings is 1. The predicted molar refractivity (Wildman–Crippen MR) is 85.1 cm³/mol. The van der Waals surface area contributed by atoms with Crippen LogP contribution in [-0.4, -0.2) is 26.2 Å². The third-order valence-corrected chi connectivity index (χ3v) is 3.95. The molecule has 0 aliphatic heterocycles. The minimum atomic E-state index is -0.467. The number of rotatable bonds is 4. The van der Waals surface area contributed by atoms with E-state index < -0.39 is 5.91 Å². The summed E-state index contributed by atoms with van der Waals surface area (Å²) in [5, 5.41) is 0.922. The van der Waals surface area contributed by atoms with Crippen LogP contribution in [0, 0.1) is 0 Å². The summed E-state index contributed by atoms with van der Waals surface area (Å²) in [6.45, 7) is 0. The molecule has 0 radical (unpaired) electrons. The molecule has 2 aromatic heterocycles. The van der Waals surface area contributed by atoms with Crippen molar-refractivity contribution < 1.29 is 4.79 Å². The summed E-state index contributed by atoms with van der Waals surface area (Å²) in [7, 11) is 0. The van der Waals surface area contributed by atoms with Crippen LogP contribution in [0.4, 0.5) is 0 Å². The Labute approximate surface area is 130 Å². The second-order valence-electron chi connectivity index (χ2n) is 4.52. The number of hydrogen-bond donors (Lipinski definition) is 1. The third-order valence-electron chi connectivity index (χ3n) is 2.99. The van der Waals surface area contributed by atoms with Crippen LogP contribution < -0.4 is 11.3 Å². The van der Waals surface area contributed by atoms with Gasteiger partial charge in [0.15, 0.2) is 5.16 Å². The monoisotopic (exact) mass is 312 g/mol. The van der Waals surface area contributed by atoms with Gasteiger partial charge in [-0.1, -0.05) is 23.9 Å². The molecule has 0 saturated carbocycles. The highest BCUT2D eigenvalue weighted by Crippen LogP contribution is 2.20. The fraction of sp³-hybridized carbons (Fsp3) is 0.0667. The predicted octanol–water partition coefficient (Wildman–Crippen LogP) is 1.36. The number of primary amides is 1. The number of hydrogen-bond acceptors (Lipinski definition) is 5. The number of nitrogens with two attached hydrogens (primary N) is 1. The molecule has 0 unspecified atom stereocenters. The SMILES string of the molecule is NC(=O)CSc1nc2ccccc2c(=O)n1-c1cccnc1. The molecule has 0 saturated heterocycles. The number of pyridine rings is 1. The molecule has 1 amide bonds. The second-order valence-corrected chi connectivity index (χ2v) is 5.46. The average molecular weight is 312 g/mol. The first-order valence-electron chi connectivity index (χ1n) is 6.50. The molecular weight excluding hydrogens is 300 g/mol. The van der Waals surface area contributed by atoms with Crippen LogP contribution in [0.3, 0.4) is 0 Å². The van der Waals surface area contributed by atoms with Gasteiger partial charge in [0.2, 0.25) is 5.91 Å². The van der Waals surface area contributed by atoms with Gasteiger partial charge in [0.1, 0.15) is 0 Å². The number of amides is 1. The normalized spacial score (nSPS) is 10.7. The van der Waals surface area contributed by atoms with Gasteiger partial charge in [-0.3, -0.25) is 19.1 Å². The highest BCUT2D eigenvalue weighted by molar-refractivity contribution is 7.99. The molecule has 0 bridgehead atoms. The lowest BCUT2D eigenvalue weighted by atomic mass is 10.2. The largest absolute Gasteiger partial charge is 0.369 e. The Hall–Kier alpha value is -2.67. The van der Waals surface area contributed by atoms with Crippen molar-refractivity contribution in [3.05, 3.63) is 59.1 Å². The van der Waals surface area contributed by atoms with Crippen molar-refractivity contribution in [2.45, 2.75) is 5.16 Å². The Kier molecular flexibility index (Phi) is 3.88. The standard InChI is InChI=1S/C15H12N4O2S/c16-13(20)9-22-15-18-12-6-2-1-5-11(12)14(21)19(15)10-4-3-7-17-8-10/h1-8H,9H2,(H2,16,20).